The molecule has 2 N–H and O–H groups in total. The molecule has 8 heteroatoms. The molecule has 0 fully saturated rings. The van der Waals surface area contributed by atoms with Crippen molar-refractivity contribution in [3.63, 3.8) is 0 Å². The topological polar surface area (TPSA) is 102 Å². The van der Waals surface area contributed by atoms with E-state index in [0.717, 1.165) is 5.56 Å². The maximum atomic E-state index is 12.4. The Kier molecular flexibility index (Phi) is 5.06. The van der Waals surface area contributed by atoms with Crippen molar-refractivity contribution in [3.8, 4) is 0 Å². The van der Waals surface area contributed by atoms with Crippen LogP contribution in [0.3, 0.4) is 0 Å². The average Bonchev–Trinajstić information content (AvgIpc) is 2.93. The summed E-state index contributed by atoms with van der Waals surface area (Å²) in [7, 11) is -3.89. The van der Waals surface area contributed by atoms with Crippen LogP contribution in [0.4, 0.5) is 5.69 Å². The fourth-order valence-electron chi connectivity index (χ4n) is 2.59. The molecular weight excluding hydrogens is 356 g/mol. The van der Waals surface area contributed by atoms with Crippen molar-refractivity contribution < 1.29 is 22.7 Å². The fourth-order valence-corrected chi connectivity index (χ4v) is 3.59. The van der Waals surface area contributed by atoms with Gasteiger partial charge in [0.25, 0.3) is 0 Å². The number of carbonyl (C=O) groups excluding carboxylic acids is 2. The lowest BCUT2D eigenvalue weighted by molar-refractivity contribution is -0.143. The van der Waals surface area contributed by atoms with Gasteiger partial charge in [-0.25, -0.2) is 8.42 Å². The van der Waals surface area contributed by atoms with Crippen molar-refractivity contribution >= 4 is 27.6 Å². The minimum Gasteiger partial charge on any atom is -0.460 e. The molecular formula is C18H18N2O5S. The van der Waals surface area contributed by atoms with Crippen LogP contribution in [-0.4, -0.2) is 26.8 Å². The Bertz CT molecular complexity index is 941. The van der Waals surface area contributed by atoms with Crippen LogP contribution in [0.25, 0.3) is 0 Å². The number of sulfonamides is 1. The third-order valence-electron chi connectivity index (χ3n) is 4.10. The van der Waals surface area contributed by atoms with Crippen molar-refractivity contribution in [2.45, 2.75) is 24.3 Å². The zero-order chi connectivity index (χ0) is 18.7. The summed E-state index contributed by atoms with van der Waals surface area (Å²) in [6, 6.07) is 13.5. The van der Waals surface area contributed by atoms with Gasteiger partial charge in [-0.3, -0.25) is 9.59 Å². The van der Waals surface area contributed by atoms with Crippen LogP contribution in [0.5, 0.6) is 0 Å². The fraction of sp³-hybridized carbons (Fsp3) is 0.222. The molecule has 1 amide bonds. The molecule has 0 aromatic heterocycles. The summed E-state index contributed by atoms with van der Waals surface area (Å²) in [6.45, 7) is 1.30. The summed E-state index contributed by atoms with van der Waals surface area (Å²) in [5.74, 6) is -1.27. The molecule has 0 bridgehead atoms. The highest BCUT2D eigenvalue weighted by atomic mass is 32.2. The first kappa shape index (κ1) is 18.1. The number of anilines is 1. The van der Waals surface area contributed by atoms with E-state index in [9.17, 15) is 18.0 Å². The maximum absolute atomic E-state index is 12.4. The van der Waals surface area contributed by atoms with Crippen LogP contribution >= 0.6 is 0 Å². The molecule has 0 spiro atoms. The smallest absolute Gasteiger partial charge is 0.321 e. The predicted octanol–water partition coefficient (Wildman–Crippen LogP) is 1.76. The predicted molar refractivity (Wildman–Crippen MR) is 94.9 cm³/mol. The van der Waals surface area contributed by atoms with E-state index >= 15 is 0 Å². The highest BCUT2D eigenvalue weighted by molar-refractivity contribution is 7.89. The van der Waals surface area contributed by atoms with Gasteiger partial charge in [-0.05, 0) is 36.2 Å². The van der Waals surface area contributed by atoms with E-state index in [1.54, 1.807) is 25.1 Å². The molecule has 7 nitrogen and oxygen atoms in total. The highest BCUT2D eigenvalue weighted by Gasteiger charge is 2.28. The monoisotopic (exact) mass is 374 g/mol. The van der Waals surface area contributed by atoms with Gasteiger partial charge < -0.3 is 10.1 Å². The van der Waals surface area contributed by atoms with E-state index in [1.165, 1.54) is 12.1 Å². The number of rotatable bonds is 6. The zero-order valence-corrected chi connectivity index (χ0v) is 14.9. The Morgan fingerprint density at radius 1 is 1.19 bits per heavy atom. The van der Waals surface area contributed by atoms with Crippen molar-refractivity contribution in [2.75, 3.05) is 11.9 Å². The quantitative estimate of drug-likeness (QED) is 0.751. The summed E-state index contributed by atoms with van der Waals surface area (Å²) in [5.41, 5.74) is 2.03. The Morgan fingerprint density at radius 2 is 1.92 bits per heavy atom. The van der Waals surface area contributed by atoms with Gasteiger partial charge in [0.2, 0.25) is 15.9 Å². The first-order valence-corrected chi connectivity index (χ1v) is 9.49. The van der Waals surface area contributed by atoms with Crippen molar-refractivity contribution in [3.05, 3.63) is 59.7 Å². The van der Waals surface area contributed by atoms with Crippen molar-refractivity contribution in [1.82, 2.24) is 4.72 Å². The zero-order valence-electron chi connectivity index (χ0n) is 14.1. The van der Waals surface area contributed by atoms with Gasteiger partial charge in [0, 0.05) is 5.69 Å². The third-order valence-corrected chi connectivity index (χ3v) is 5.50. The third kappa shape index (κ3) is 3.92. The van der Waals surface area contributed by atoms with Gasteiger partial charge in [0.05, 0.1) is 10.8 Å². The molecule has 0 radical (unpaired) electrons. The SMILES string of the molecule is C[C@@H]1C(=O)Nc2ccc(S(=O)(=O)NCC(=O)OCc3ccccc3)cc21. The first-order chi connectivity index (χ1) is 12.4. The molecule has 0 unspecified atom stereocenters. The van der Waals surface area contributed by atoms with Gasteiger partial charge >= 0.3 is 5.97 Å². The lowest BCUT2D eigenvalue weighted by Gasteiger charge is -2.09. The molecule has 1 aliphatic heterocycles. The molecule has 0 aliphatic carbocycles. The number of carbonyl (C=O) groups is 2. The standard InChI is InChI=1S/C18H18N2O5S/c1-12-15-9-14(7-8-16(15)20-18(12)22)26(23,24)19-10-17(21)25-11-13-5-3-2-4-6-13/h2-9,12,19H,10-11H2,1H3,(H,20,22)/t12-/m0/s1. The summed E-state index contributed by atoms with van der Waals surface area (Å²) in [4.78, 5) is 23.4. The van der Waals surface area contributed by atoms with Crippen LogP contribution < -0.4 is 10.0 Å². The van der Waals surface area contributed by atoms with E-state index in [-0.39, 0.29) is 17.4 Å². The second-order valence-corrected chi connectivity index (χ2v) is 7.70. The van der Waals surface area contributed by atoms with Gasteiger partial charge in [-0.15, -0.1) is 0 Å². The average molecular weight is 374 g/mol. The minimum absolute atomic E-state index is 0.00420. The number of benzene rings is 2. The summed E-state index contributed by atoms with van der Waals surface area (Å²) in [5, 5.41) is 2.68. The van der Waals surface area contributed by atoms with Crippen molar-refractivity contribution in [1.29, 1.82) is 0 Å². The van der Waals surface area contributed by atoms with E-state index < -0.39 is 28.5 Å². The molecule has 2 aromatic carbocycles. The largest absolute Gasteiger partial charge is 0.460 e. The number of amides is 1. The maximum Gasteiger partial charge on any atom is 0.321 e. The van der Waals surface area contributed by atoms with E-state index in [1.807, 2.05) is 18.2 Å². The van der Waals surface area contributed by atoms with Crippen LogP contribution in [-0.2, 0) is 31.0 Å². The molecule has 0 saturated carbocycles. The molecule has 0 saturated heterocycles. The highest BCUT2D eigenvalue weighted by Crippen LogP contribution is 2.33. The summed E-state index contributed by atoms with van der Waals surface area (Å²) < 4.78 is 32.0. The lowest BCUT2D eigenvalue weighted by atomic mass is 10.0. The second kappa shape index (κ2) is 7.27. The molecule has 1 heterocycles. The molecule has 3 rings (SSSR count). The molecule has 136 valence electrons. The van der Waals surface area contributed by atoms with Gasteiger partial charge in [-0.1, -0.05) is 30.3 Å². The number of fused-ring (bicyclic) bond motifs is 1. The Balaban J connectivity index is 1.61. The number of hydrogen-bond acceptors (Lipinski definition) is 5. The first-order valence-electron chi connectivity index (χ1n) is 8.01. The number of esters is 1. The number of ether oxygens (including phenoxy) is 1. The number of nitrogens with one attached hydrogen (secondary N) is 2. The van der Waals surface area contributed by atoms with Crippen LogP contribution in [0, 0.1) is 0 Å². The van der Waals surface area contributed by atoms with Gasteiger partial charge in [0.15, 0.2) is 0 Å². The molecule has 1 aliphatic rings. The van der Waals surface area contributed by atoms with E-state index in [4.69, 9.17) is 4.74 Å². The molecule has 26 heavy (non-hydrogen) atoms. The lowest BCUT2D eigenvalue weighted by Crippen LogP contribution is -2.30. The molecule has 1 atom stereocenters. The van der Waals surface area contributed by atoms with E-state index in [0.29, 0.717) is 11.3 Å². The Hall–Kier alpha value is -2.71. The van der Waals surface area contributed by atoms with Gasteiger partial charge in [-0.2, -0.15) is 4.72 Å². The van der Waals surface area contributed by atoms with Crippen LogP contribution in [0.15, 0.2) is 53.4 Å². The summed E-state index contributed by atoms with van der Waals surface area (Å²) in [6.07, 6.45) is 0. The second-order valence-electron chi connectivity index (χ2n) is 5.93. The molecule has 2 aromatic rings. The Labute approximate surface area is 151 Å². The summed E-state index contributed by atoms with van der Waals surface area (Å²) >= 11 is 0. The van der Waals surface area contributed by atoms with Crippen LogP contribution in [0.2, 0.25) is 0 Å². The van der Waals surface area contributed by atoms with Gasteiger partial charge in [0.1, 0.15) is 13.2 Å². The Morgan fingerprint density at radius 3 is 2.65 bits per heavy atom. The minimum atomic E-state index is -3.89. The normalized spacial score (nSPS) is 16.0. The van der Waals surface area contributed by atoms with E-state index in [2.05, 4.69) is 10.0 Å². The van der Waals surface area contributed by atoms with Crippen molar-refractivity contribution in [2.24, 2.45) is 0 Å². The van der Waals surface area contributed by atoms with Crippen LogP contribution in [0.1, 0.15) is 24.0 Å². The number of hydrogen-bond donors (Lipinski definition) is 2.